The number of hydrogen-bond donors (Lipinski definition) is 1. The van der Waals surface area contributed by atoms with Crippen LogP contribution in [0, 0.1) is 0 Å². The van der Waals surface area contributed by atoms with Crippen LogP contribution in [0.15, 0.2) is 60.7 Å². The van der Waals surface area contributed by atoms with Crippen LogP contribution < -0.4 is 5.32 Å². The third-order valence-electron chi connectivity index (χ3n) is 3.58. The number of rotatable bonds is 4. The van der Waals surface area contributed by atoms with Crippen molar-refractivity contribution in [1.82, 2.24) is 9.78 Å². The third kappa shape index (κ3) is 2.75. The first-order chi connectivity index (χ1) is 10.7. The Balaban J connectivity index is 2.23. The third-order valence-corrected chi connectivity index (χ3v) is 3.58. The Morgan fingerprint density at radius 2 is 1.41 bits per heavy atom. The van der Waals surface area contributed by atoms with Crippen LogP contribution in [0.2, 0.25) is 0 Å². The van der Waals surface area contributed by atoms with Gasteiger partial charge in [0.2, 0.25) is 0 Å². The summed E-state index contributed by atoms with van der Waals surface area (Å²) < 4.78 is 1.94. The second-order valence-corrected chi connectivity index (χ2v) is 5.73. The molecule has 3 aromatic rings. The predicted molar refractivity (Wildman–Crippen MR) is 92.8 cm³/mol. The van der Waals surface area contributed by atoms with E-state index in [9.17, 15) is 0 Å². The summed E-state index contributed by atoms with van der Waals surface area (Å²) in [6.45, 7) is 4.29. The van der Waals surface area contributed by atoms with Crippen molar-refractivity contribution >= 4 is 5.82 Å². The zero-order valence-corrected chi connectivity index (χ0v) is 13.2. The molecule has 0 amide bonds. The number of anilines is 1. The van der Waals surface area contributed by atoms with Crippen molar-refractivity contribution in [1.29, 1.82) is 0 Å². The van der Waals surface area contributed by atoms with Crippen LogP contribution in [-0.4, -0.2) is 15.8 Å². The predicted octanol–water partition coefficient (Wildman–Crippen LogP) is 4.57. The molecule has 0 saturated heterocycles. The van der Waals surface area contributed by atoms with E-state index in [4.69, 9.17) is 5.10 Å². The van der Waals surface area contributed by atoms with Gasteiger partial charge in [-0.05, 0) is 19.4 Å². The molecule has 0 unspecified atom stereocenters. The van der Waals surface area contributed by atoms with Gasteiger partial charge >= 0.3 is 0 Å². The van der Waals surface area contributed by atoms with Crippen LogP contribution >= 0.6 is 0 Å². The Hall–Kier alpha value is -2.55. The van der Waals surface area contributed by atoms with Gasteiger partial charge in [-0.15, -0.1) is 0 Å². The summed E-state index contributed by atoms with van der Waals surface area (Å²) in [5.74, 6) is 1.06. The van der Waals surface area contributed by atoms with Gasteiger partial charge in [-0.1, -0.05) is 60.7 Å². The summed E-state index contributed by atoms with van der Waals surface area (Å²) in [6.07, 6.45) is 0. The molecular weight excluding hydrogens is 270 g/mol. The van der Waals surface area contributed by atoms with Gasteiger partial charge in [-0.2, -0.15) is 5.10 Å². The molecule has 22 heavy (non-hydrogen) atoms. The minimum Gasteiger partial charge on any atom is -0.368 e. The van der Waals surface area contributed by atoms with E-state index in [1.54, 1.807) is 0 Å². The van der Waals surface area contributed by atoms with Gasteiger partial charge in [0.05, 0.1) is 5.56 Å². The van der Waals surface area contributed by atoms with Crippen molar-refractivity contribution in [2.45, 2.75) is 19.9 Å². The molecule has 0 radical (unpaired) electrons. The maximum Gasteiger partial charge on any atom is 0.132 e. The first kappa shape index (κ1) is 14.4. The Kier molecular flexibility index (Phi) is 3.96. The molecule has 0 spiro atoms. The second-order valence-electron chi connectivity index (χ2n) is 5.73. The fourth-order valence-corrected chi connectivity index (χ4v) is 2.64. The van der Waals surface area contributed by atoms with Crippen LogP contribution in [0.4, 0.5) is 5.82 Å². The summed E-state index contributed by atoms with van der Waals surface area (Å²) in [5, 5.41) is 8.30. The molecule has 1 N–H and O–H groups in total. The maximum absolute atomic E-state index is 4.76. The van der Waals surface area contributed by atoms with E-state index < -0.39 is 0 Å². The highest BCUT2D eigenvalue weighted by Crippen LogP contribution is 2.37. The lowest BCUT2D eigenvalue weighted by molar-refractivity contribution is 0.756. The summed E-state index contributed by atoms with van der Waals surface area (Å²) in [4.78, 5) is 0. The summed E-state index contributed by atoms with van der Waals surface area (Å²) >= 11 is 0. The first-order valence-electron chi connectivity index (χ1n) is 7.61. The number of aryl methyl sites for hydroxylation is 1. The number of aromatic nitrogens is 2. The Bertz CT molecular complexity index is 743. The smallest absolute Gasteiger partial charge is 0.132 e. The van der Waals surface area contributed by atoms with Crippen LogP contribution in [0.3, 0.4) is 0 Å². The highest BCUT2D eigenvalue weighted by molar-refractivity contribution is 5.89. The Labute approximate surface area is 131 Å². The average Bonchev–Trinajstić information content (AvgIpc) is 2.85. The minimum atomic E-state index is 0.349. The van der Waals surface area contributed by atoms with Crippen molar-refractivity contribution in [3.05, 3.63) is 60.7 Å². The zero-order valence-electron chi connectivity index (χ0n) is 13.2. The topological polar surface area (TPSA) is 29.9 Å². The lowest BCUT2D eigenvalue weighted by atomic mass is 10.0. The fraction of sp³-hybridized carbons (Fsp3) is 0.211. The number of hydrogen-bond acceptors (Lipinski definition) is 2. The van der Waals surface area contributed by atoms with E-state index in [2.05, 4.69) is 55.6 Å². The molecule has 1 aromatic heterocycles. The summed E-state index contributed by atoms with van der Waals surface area (Å²) in [5.41, 5.74) is 4.48. The van der Waals surface area contributed by atoms with E-state index >= 15 is 0 Å². The summed E-state index contributed by atoms with van der Waals surface area (Å²) in [6, 6.07) is 21.1. The summed E-state index contributed by atoms with van der Waals surface area (Å²) in [7, 11) is 1.99. The molecule has 3 rings (SSSR count). The van der Waals surface area contributed by atoms with E-state index in [0.717, 1.165) is 22.6 Å². The molecule has 112 valence electrons. The van der Waals surface area contributed by atoms with E-state index in [0.29, 0.717) is 6.04 Å². The molecule has 1 heterocycles. The molecule has 0 fully saturated rings. The van der Waals surface area contributed by atoms with Crippen LogP contribution in [0.1, 0.15) is 13.8 Å². The molecule has 0 aliphatic rings. The molecule has 3 heteroatoms. The van der Waals surface area contributed by atoms with Crippen molar-refractivity contribution in [3.63, 3.8) is 0 Å². The van der Waals surface area contributed by atoms with E-state index in [1.165, 1.54) is 5.56 Å². The zero-order chi connectivity index (χ0) is 15.5. The van der Waals surface area contributed by atoms with Gasteiger partial charge in [-0.3, -0.25) is 4.68 Å². The first-order valence-corrected chi connectivity index (χ1v) is 7.61. The van der Waals surface area contributed by atoms with Crippen LogP contribution in [-0.2, 0) is 7.05 Å². The molecule has 0 aliphatic carbocycles. The van der Waals surface area contributed by atoms with Crippen molar-refractivity contribution in [2.75, 3.05) is 5.32 Å². The highest BCUT2D eigenvalue weighted by Gasteiger charge is 2.19. The SMILES string of the molecule is CC(C)Nc1c(-c2ccccc2)c(-c2ccccc2)nn1C. The molecule has 0 bridgehead atoms. The second kappa shape index (κ2) is 6.06. The van der Waals surface area contributed by atoms with Crippen molar-refractivity contribution in [3.8, 4) is 22.4 Å². The van der Waals surface area contributed by atoms with Gasteiger partial charge in [0.15, 0.2) is 0 Å². The molecular formula is C19H21N3. The Morgan fingerprint density at radius 3 is 1.95 bits per heavy atom. The lowest BCUT2D eigenvalue weighted by Gasteiger charge is -2.13. The monoisotopic (exact) mass is 291 g/mol. The largest absolute Gasteiger partial charge is 0.368 e. The van der Waals surface area contributed by atoms with Gasteiger partial charge in [0, 0.05) is 18.7 Å². The number of nitrogens with zero attached hydrogens (tertiary/aromatic N) is 2. The van der Waals surface area contributed by atoms with Crippen LogP contribution in [0.5, 0.6) is 0 Å². The average molecular weight is 291 g/mol. The number of nitrogens with one attached hydrogen (secondary N) is 1. The fourth-order valence-electron chi connectivity index (χ4n) is 2.64. The quantitative estimate of drug-likeness (QED) is 0.763. The molecule has 3 nitrogen and oxygen atoms in total. The van der Waals surface area contributed by atoms with Gasteiger partial charge in [-0.25, -0.2) is 0 Å². The highest BCUT2D eigenvalue weighted by atomic mass is 15.3. The van der Waals surface area contributed by atoms with Crippen molar-refractivity contribution in [2.24, 2.45) is 7.05 Å². The van der Waals surface area contributed by atoms with E-state index in [-0.39, 0.29) is 0 Å². The standard InChI is InChI=1S/C19H21N3/c1-14(2)20-19-17(15-10-6-4-7-11-15)18(21-22(19)3)16-12-8-5-9-13-16/h4-14,20H,1-3H3. The van der Waals surface area contributed by atoms with Gasteiger partial charge in [0.1, 0.15) is 11.5 Å². The van der Waals surface area contributed by atoms with Crippen molar-refractivity contribution < 1.29 is 0 Å². The molecule has 2 aromatic carbocycles. The normalized spacial score (nSPS) is 10.9. The molecule has 0 saturated carbocycles. The Morgan fingerprint density at radius 1 is 0.864 bits per heavy atom. The van der Waals surface area contributed by atoms with E-state index in [1.807, 2.05) is 36.0 Å². The number of benzene rings is 2. The molecule has 0 aliphatic heterocycles. The van der Waals surface area contributed by atoms with Crippen LogP contribution in [0.25, 0.3) is 22.4 Å². The van der Waals surface area contributed by atoms with Gasteiger partial charge < -0.3 is 5.32 Å². The minimum absolute atomic E-state index is 0.349. The molecule has 0 atom stereocenters. The van der Waals surface area contributed by atoms with Gasteiger partial charge in [0.25, 0.3) is 0 Å². The lowest BCUT2D eigenvalue weighted by Crippen LogP contribution is -2.13. The maximum atomic E-state index is 4.76.